The highest BCUT2D eigenvalue weighted by molar-refractivity contribution is 6.12. The molecule has 0 aliphatic carbocycles. The Labute approximate surface area is 204 Å². The molecule has 0 spiro atoms. The predicted octanol–water partition coefficient (Wildman–Crippen LogP) is 5.10. The Morgan fingerprint density at radius 2 is 1.80 bits per heavy atom. The molecule has 0 atom stereocenters. The fourth-order valence-electron chi connectivity index (χ4n) is 4.11. The Morgan fingerprint density at radius 3 is 2.54 bits per heavy atom. The van der Waals surface area contributed by atoms with Crippen LogP contribution in [0.4, 0.5) is 5.69 Å². The van der Waals surface area contributed by atoms with Gasteiger partial charge in [0.2, 0.25) is 0 Å². The van der Waals surface area contributed by atoms with Crippen LogP contribution in [0, 0.1) is 0 Å². The van der Waals surface area contributed by atoms with E-state index in [9.17, 15) is 9.59 Å². The number of aromatic nitrogens is 2. The zero-order valence-corrected chi connectivity index (χ0v) is 20.2. The molecule has 0 aliphatic rings. The van der Waals surface area contributed by atoms with Gasteiger partial charge in [0.15, 0.2) is 5.69 Å². The average molecular weight is 471 g/mol. The summed E-state index contributed by atoms with van der Waals surface area (Å²) in [4.78, 5) is 25.5. The number of ether oxygens (including phenoxy) is 1. The van der Waals surface area contributed by atoms with E-state index in [4.69, 9.17) is 10.5 Å². The van der Waals surface area contributed by atoms with E-state index in [2.05, 4.69) is 16.5 Å². The van der Waals surface area contributed by atoms with Crippen LogP contribution in [0.2, 0.25) is 0 Å². The molecule has 0 radical (unpaired) electrons. The molecule has 7 heteroatoms. The van der Waals surface area contributed by atoms with E-state index >= 15 is 0 Å². The van der Waals surface area contributed by atoms with Crippen LogP contribution in [-0.4, -0.2) is 28.3 Å². The molecular formula is C28H30N4O3. The van der Waals surface area contributed by atoms with Crippen LogP contribution in [0.3, 0.4) is 0 Å². The summed E-state index contributed by atoms with van der Waals surface area (Å²) >= 11 is 0. The van der Waals surface area contributed by atoms with Gasteiger partial charge in [-0.05, 0) is 67.3 Å². The van der Waals surface area contributed by atoms with Gasteiger partial charge in [-0.15, -0.1) is 0 Å². The maximum Gasteiger partial charge on any atom is 0.310 e. The van der Waals surface area contributed by atoms with E-state index in [0.29, 0.717) is 30.1 Å². The standard InChI is InChI=1S/C28H30N4O3/c1-4-35-26(33)16-22-9-5-6-11-24(22)30-28(34)27-23-15-21(20-10-7-8-19(14-20)17-29)12-13-25(23)32(31-27)18(2)3/h5-15,18H,4,16-17,29H2,1-3H3,(H,30,34). The highest BCUT2D eigenvalue weighted by Gasteiger charge is 2.21. The fourth-order valence-corrected chi connectivity index (χ4v) is 4.11. The summed E-state index contributed by atoms with van der Waals surface area (Å²) in [6.45, 7) is 6.59. The Bertz CT molecular complexity index is 1370. The van der Waals surface area contributed by atoms with Crippen LogP contribution in [-0.2, 0) is 22.5 Å². The average Bonchev–Trinajstić information content (AvgIpc) is 3.25. The minimum absolute atomic E-state index is 0.0709. The van der Waals surface area contributed by atoms with Gasteiger partial charge >= 0.3 is 5.97 Å². The number of amides is 1. The second kappa shape index (κ2) is 10.5. The molecular weight excluding hydrogens is 440 g/mol. The third-order valence-corrected chi connectivity index (χ3v) is 5.81. The molecule has 0 unspecified atom stereocenters. The monoisotopic (exact) mass is 470 g/mol. The summed E-state index contributed by atoms with van der Waals surface area (Å²) < 4.78 is 6.93. The van der Waals surface area contributed by atoms with E-state index in [1.54, 1.807) is 19.1 Å². The maximum absolute atomic E-state index is 13.5. The number of para-hydroxylation sites is 1. The minimum atomic E-state index is -0.340. The predicted molar refractivity (Wildman–Crippen MR) is 138 cm³/mol. The number of nitrogens with one attached hydrogen (secondary N) is 1. The first-order chi connectivity index (χ1) is 16.9. The molecule has 3 N–H and O–H groups in total. The van der Waals surface area contributed by atoms with Crippen molar-refractivity contribution < 1.29 is 14.3 Å². The molecule has 0 saturated heterocycles. The summed E-state index contributed by atoms with van der Waals surface area (Å²) in [6.07, 6.45) is 0.0765. The van der Waals surface area contributed by atoms with Crippen LogP contribution >= 0.6 is 0 Å². The van der Waals surface area contributed by atoms with Gasteiger partial charge in [0, 0.05) is 23.7 Å². The first kappa shape index (κ1) is 24.2. The normalized spacial score (nSPS) is 11.1. The van der Waals surface area contributed by atoms with Crippen molar-refractivity contribution in [3.8, 4) is 11.1 Å². The van der Waals surface area contributed by atoms with Crippen molar-refractivity contribution >= 4 is 28.5 Å². The lowest BCUT2D eigenvalue weighted by atomic mass is 10.0. The number of rotatable bonds is 8. The van der Waals surface area contributed by atoms with Crippen LogP contribution in [0.15, 0.2) is 66.7 Å². The minimum Gasteiger partial charge on any atom is -0.466 e. The van der Waals surface area contributed by atoms with Gasteiger partial charge in [-0.1, -0.05) is 42.5 Å². The highest BCUT2D eigenvalue weighted by Crippen LogP contribution is 2.29. The number of carbonyl (C=O) groups excluding carboxylic acids is 2. The number of nitrogens with zero attached hydrogens (tertiary/aromatic N) is 2. The number of anilines is 1. The third-order valence-electron chi connectivity index (χ3n) is 5.81. The van der Waals surface area contributed by atoms with E-state index in [1.165, 1.54) is 0 Å². The van der Waals surface area contributed by atoms with Gasteiger partial charge in [-0.25, -0.2) is 0 Å². The van der Waals surface area contributed by atoms with Gasteiger partial charge in [-0.2, -0.15) is 5.10 Å². The summed E-state index contributed by atoms with van der Waals surface area (Å²) in [5, 5.41) is 8.38. The Kier molecular flexibility index (Phi) is 7.27. The number of hydrogen-bond donors (Lipinski definition) is 2. The number of nitrogens with two attached hydrogens (primary N) is 1. The molecule has 3 aromatic carbocycles. The Morgan fingerprint density at radius 1 is 1.03 bits per heavy atom. The molecule has 1 amide bonds. The van der Waals surface area contributed by atoms with Crippen molar-refractivity contribution in [3.05, 3.63) is 83.6 Å². The van der Waals surface area contributed by atoms with Gasteiger partial charge in [-0.3, -0.25) is 14.3 Å². The van der Waals surface area contributed by atoms with Gasteiger partial charge in [0.1, 0.15) is 0 Å². The van der Waals surface area contributed by atoms with E-state index in [-0.39, 0.29) is 24.3 Å². The van der Waals surface area contributed by atoms with Crippen molar-refractivity contribution in [2.45, 2.75) is 39.8 Å². The van der Waals surface area contributed by atoms with E-state index in [0.717, 1.165) is 27.6 Å². The van der Waals surface area contributed by atoms with Crippen molar-refractivity contribution in [1.29, 1.82) is 0 Å². The number of carbonyl (C=O) groups is 2. The smallest absolute Gasteiger partial charge is 0.310 e. The molecule has 0 saturated carbocycles. The van der Waals surface area contributed by atoms with Crippen molar-refractivity contribution in [1.82, 2.24) is 9.78 Å². The topological polar surface area (TPSA) is 99.2 Å². The van der Waals surface area contributed by atoms with Gasteiger partial charge in [0.25, 0.3) is 5.91 Å². The van der Waals surface area contributed by atoms with Crippen LogP contribution in [0.1, 0.15) is 48.4 Å². The quantitative estimate of drug-likeness (QED) is 0.349. The molecule has 1 aromatic heterocycles. The highest BCUT2D eigenvalue weighted by atomic mass is 16.5. The number of benzene rings is 3. The summed E-state index contributed by atoms with van der Waals surface area (Å²) in [7, 11) is 0. The zero-order valence-electron chi connectivity index (χ0n) is 20.2. The summed E-state index contributed by atoms with van der Waals surface area (Å²) in [6, 6.07) is 21.4. The Balaban J connectivity index is 1.73. The summed E-state index contributed by atoms with van der Waals surface area (Å²) in [5.74, 6) is -0.674. The molecule has 4 rings (SSSR count). The van der Waals surface area contributed by atoms with E-state index < -0.39 is 0 Å². The maximum atomic E-state index is 13.5. The lowest BCUT2D eigenvalue weighted by Gasteiger charge is -2.10. The summed E-state index contributed by atoms with van der Waals surface area (Å²) in [5.41, 5.74) is 11.3. The molecule has 0 aliphatic heterocycles. The van der Waals surface area contributed by atoms with Crippen LogP contribution < -0.4 is 11.1 Å². The zero-order chi connectivity index (χ0) is 24.9. The number of fused-ring (bicyclic) bond motifs is 1. The van der Waals surface area contributed by atoms with Gasteiger partial charge < -0.3 is 15.8 Å². The molecule has 4 aromatic rings. The molecule has 1 heterocycles. The first-order valence-corrected chi connectivity index (χ1v) is 11.8. The largest absolute Gasteiger partial charge is 0.466 e. The SMILES string of the molecule is CCOC(=O)Cc1ccccc1NC(=O)c1nn(C(C)C)c2ccc(-c3cccc(CN)c3)cc12. The van der Waals surface area contributed by atoms with Crippen molar-refractivity contribution in [2.24, 2.45) is 5.73 Å². The lowest BCUT2D eigenvalue weighted by Crippen LogP contribution is -2.16. The third kappa shape index (κ3) is 5.25. The van der Waals surface area contributed by atoms with E-state index in [1.807, 2.05) is 67.1 Å². The second-order valence-corrected chi connectivity index (χ2v) is 8.62. The lowest BCUT2D eigenvalue weighted by molar-refractivity contribution is -0.142. The van der Waals surface area contributed by atoms with Crippen molar-refractivity contribution in [3.63, 3.8) is 0 Å². The molecule has 0 bridgehead atoms. The molecule has 180 valence electrons. The molecule has 7 nitrogen and oxygen atoms in total. The van der Waals surface area contributed by atoms with Crippen LogP contribution in [0.5, 0.6) is 0 Å². The molecule has 35 heavy (non-hydrogen) atoms. The molecule has 0 fully saturated rings. The number of hydrogen-bond acceptors (Lipinski definition) is 5. The van der Waals surface area contributed by atoms with Crippen molar-refractivity contribution in [2.75, 3.05) is 11.9 Å². The van der Waals surface area contributed by atoms with Gasteiger partial charge in [0.05, 0.1) is 18.5 Å². The van der Waals surface area contributed by atoms with Crippen LogP contribution in [0.25, 0.3) is 22.0 Å². The first-order valence-electron chi connectivity index (χ1n) is 11.8. The Hall–Kier alpha value is -3.97. The second-order valence-electron chi connectivity index (χ2n) is 8.62. The number of esters is 1. The fraction of sp³-hybridized carbons (Fsp3) is 0.250.